The fraction of sp³-hybridized carbons (Fsp3) is 0.143. The summed E-state index contributed by atoms with van der Waals surface area (Å²) in [5, 5.41) is 0.672. The summed E-state index contributed by atoms with van der Waals surface area (Å²) in [5.41, 5.74) is 0. The van der Waals surface area contributed by atoms with Crippen molar-refractivity contribution < 1.29 is 21.7 Å². The normalized spacial score (nSPS) is 7.45. The number of rotatable bonds is 1. The summed E-state index contributed by atoms with van der Waals surface area (Å²) in [6.45, 7) is 0. The second kappa shape index (κ2) is 7.22. The van der Waals surface area contributed by atoms with Gasteiger partial charge in [0.25, 0.3) is 0 Å². The first-order valence-corrected chi connectivity index (χ1v) is 2.92. The minimum atomic E-state index is 0. The topological polar surface area (TPSA) is 9.23 Å². The molecule has 0 amide bonds. The Morgan fingerprint density at radius 2 is 2.18 bits per heavy atom. The maximum Gasteiger partial charge on any atom is 2.00 e. The number of methoxy groups -OCH3 is 1. The van der Waals surface area contributed by atoms with Gasteiger partial charge in [0.1, 0.15) is 0 Å². The van der Waals surface area contributed by atoms with Gasteiger partial charge >= 0.3 is 23.1 Å². The Labute approximate surface area is 98.0 Å². The molecule has 1 rings (SSSR count). The van der Waals surface area contributed by atoms with E-state index >= 15 is 0 Å². The maximum atomic E-state index is 5.62. The molecule has 1 aromatic carbocycles. The predicted octanol–water partition coefficient (Wildman–Crippen LogP) is -1.23. The Hall–Kier alpha value is 0.556. The summed E-state index contributed by atoms with van der Waals surface area (Å²) in [7, 11) is 1.59. The number of ether oxygens (including phenoxy) is 1. The van der Waals surface area contributed by atoms with Crippen molar-refractivity contribution in [3.8, 4) is 5.75 Å². The Morgan fingerprint density at radius 1 is 1.55 bits per heavy atom. The SMILES string of the molecule is COc1[c-]ccc(Cl)c1.[Br-].[Mg+2]. The van der Waals surface area contributed by atoms with Gasteiger partial charge in [-0.25, -0.2) is 0 Å². The van der Waals surface area contributed by atoms with E-state index in [4.69, 9.17) is 16.3 Å². The zero-order valence-corrected chi connectivity index (χ0v) is 9.86. The molecule has 0 saturated heterocycles. The van der Waals surface area contributed by atoms with E-state index in [2.05, 4.69) is 6.07 Å². The van der Waals surface area contributed by atoms with Crippen LogP contribution in [0.25, 0.3) is 0 Å². The predicted molar refractivity (Wildman–Crippen MR) is 42.6 cm³/mol. The zero-order valence-electron chi connectivity index (χ0n) is 6.10. The van der Waals surface area contributed by atoms with Gasteiger partial charge in [-0.1, -0.05) is 5.02 Å². The molecule has 0 saturated carbocycles. The maximum absolute atomic E-state index is 5.62. The van der Waals surface area contributed by atoms with Crippen LogP contribution in [0.15, 0.2) is 18.2 Å². The first-order chi connectivity index (χ1) is 4.33. The van der Waals surface area contributed by atoms with Gasteiger partial charge in [-0.3, -0.25) is 0 Å². The van der Waals surface area contributed by atoms with Gasteiger partial charge in [-0.15, -0.1) is 23.7 Å². The van der Waals surface area contributed by atoms with E-state index in [1.165, 1.54) is 0 Å². The summed E-state index contributed by atoms with van der Waals surface area (Å²) >= 11 is 5.62. The van der Waals surface area contributed by atoms with Crippen molar-refractivity contribution in [2.75, 3.05) is 7.11 Å². The molecule has 4 heteroatoms. The first-order valence-electron chi connectivity index (χ1n) is 2.54. The summed E-state index contributed by atoms with van der Waals surface area (Å²) < 4.78 is 4.86. The van der Waals surface area contributed by atoms with Crippen LogP contribution in [-0.2, 0) is 0 Å². The first kappa shape index (κ1) is 14.1. The Bertz CT molecular complexity index is 207. The quantitative estimate of drug-likeness (QED) is 0.445. The molecule has 0 bridgehead atoms. The summed E-state index contributed by atoms with van der Waals surface area (Å²) in [5.74, 6) is 0.669. The van der Waals surface area contributed by atoms with Crippen LogP contribution in [-0.4, -0.2) is 30.2 Å². The van der Waals surface area contributed by atoms with E-state index in [9.17, 15) is 0 Å². The van der Waals surface area contributed by atoms with E-state index < -0.39 is 0 Å². The minimum Gasteiger partial charge on any atom is -1.00 e. The molecule has 0 radical (unpaired) electrons. The van der Waals surface area contributed by atoms with Gasteiger partial charge in [0.05, 0.1) is 7.11 Å². The fourth-order valence-corrected chi connectivity index (χ4v) is 0.698. The van der Waals surface area contributed by atoms with Gasteiger partial charge in [0.2, 0.25) is 0 Å². The largest absolute Gasteiger partial charge is 2.00 e. The average Bonchev–Trinajstić information content (AvgIpc) is 1.88. The number of hydrogen-bond donors (Lipinski definition) is 0. The molecular weight excluding hydrogens is 240 g/mol. The van der Waals surface area contributed by atoms with E-state index in [-0.39, 0.29) is 40.0 Å². The second-order valence-electron chi connectivity index (χ2n) is 1.58. The van der Waals surface area contributed by atoms with Crippen molar-refractivity contribution >= 4 is 34.7 Å². The van der Waals surface area contributed by atoms with Gasteiger partial charge < -0.3 is 21.7 Å². The van der Waals surface area contributed by atoms with Crippen molar-refractivity contribution in [3.05, 3.63) is 29.3 Å². The molecule has 0 heterocycles. The van der Waals surface area contributed by atoms with Gasteiger partial charge in [-0.05, 0) is 0 Å². The standard InChI is InChI=1S/C7H6ClO.BrH.Mg/c1-9-7-4-2-3-6(8)5-7;;/h2-3,5H,1H3;1H;/q-1;;+2/p-1. The van der Waals surface area contributed by atoms with Crippen LogP contribution >= 0.6 is 11.6 Å². The molecule has 0 aromatic heterocycles. The van der Waals surface area contributed by atoms with Crippen LogP contribution in [0.4, 0.5) is 0 Å². The molecule has 1 aromatic rings. The number of benzene rings is 1. The van der Waals surface area contributed by atoms with Gasteiger partial charge in [0, 0.05) is 5.75 Å². The molecule has 0 unspecified atom stereocenters. The van der Waals surface area contributed by atoms with Crippen molar-refractivity contribution in [1.29, 1.82) is 0 Å². The summed E-state index contributed by atoms with van der Waals surface area (Å²) in [4.78, 5) is 0. The monoisotopic (exact) mass is 244 g/mol. The van der Waals surface area contributed by atoms with Crippen molar-refractivity contribution in [1.82, 2.24) is 0 Å². The van der Waals surface area contributed by atoms with Crippen molar-refractivity contribution in [2.24, 2.45) is 0 Å². The Balaban J connectivity index is 0. The summed E-state index contributed by atoms with van der Waals surface area (Å²) in [6.07, 6.45) is 0. The Morgan fingerprint density at radius 3 is 2.55 bits per heavy atom. The molecular formula is C7H6BrClMgO. The zero-order chi connectivity index (χ0) is 6.69. The van der Waals surface area contributed by atoms with Crippen LogP contribution in [0.3, 0.4) is 0 Å². The molecule has 1 nitrogen and oxygen atoms in total. The van der Waals surface area contributed by atoms with Crippen molar-refractivity contribution in [3.63, 3.8) is 0 Å². The molecule has 0 fully saturated rings. The van der Waals surface area contributed by atoms with Gasteiger partial charge in [-0.2, -0.15) is 12.1 Å². The number of halogens is 2. The minimum absolute atomic E-state index is 0. The molecule has 0 aliphatic rings. The molecule has 0 aliphatic heterocycles. The van der Waals surface area contributed by atoms with E-state index in [1.807, 2.05) is 0 Å². The molecule has 56 valence electrons. The second-order valence-corrected chi connectivity index (χ2v) is 2.01. The van der Waals surface area contributed by atoms with E-state index in [0.29, 0.717) is 10.8 Å². The van der Waals surface area contributed by atoms with Crippen LogP contribution in [0.2, 0.25) is 5.02 Å². The third-order valence-electron chi connectivity index (χ3n) is 0.957. The van der Waals surface area contributed by atoms with Crippen LogP contribution < -0.4 is 21.7 Å². The third-order valence-corrected chi connectivity index (χ3v) is 1.19. The number of hydrogen-bond acceptors (Lipinski definition) is 1. The van der Waals surface area contributed by atoms with Crippen molar-refractivity contribution in [2.45, 2.75) is 0 Å². The molecule has 0 N–H and O–H groups in total. The Kier molecular flexibility index (Phi) is 9.25. The molecule has 0 atom stereocenters. The third kappa shape index (κ3) is 4.90. The molecule has 0 spiro atoms. The van der Waals surface area contributed by atoms with Crippen LogP contribution in [0.1, 0.15) is 0 Å². The van der Waals surface area contributed by atoms with E-state index in [0.717, 1.165) is 0 Å². The van der Waals surface area contributed by atoms with Crippen LogP contribution in [0.5, 0.6) is 5.75 Å². The van der Waals surface area contributed by atoms with Crippen LogP contribution in [0, 0.1) is 6.07 Å². The average molecular weight is 246 g/mol. The fourth-order valence-electron chi connectivity index (χ4n) is 0.536. The molecule has 11 heavy (non-hydrogen) atoms. The van der Waals surface area contributed by atoms with E-state index in [1.54, 1.807) is 25.3 Å². The summed E-state index contributed by atoms with van der Waals surface area (Å²) in [6, 6.07) is 8.04. The van der Waals surface area contributed by atoms with Gasteiger partial charge in [0.15, 0.2) is 0 Å². The molecule has 0 aliphatic carbocycles. The smallest absolute Gasteiger partial charge is 1.00 e.